The molecule has 1 atom stereocenters. The first-order valence-electron chi connectivity index (χ1n) is 8.38. The fourth-order valence-corrected chi connectivity index (χ4v) is 4.45. The number of piperidine rings is 1. The van der Waals surface area contributed by atoms with Crippen molar-refractivity contribution in [1.82, 2.24) is 9.80 Å². The Kier molecular flexibility index (Phi) is 3.31. The Hall–Kier alpha value is -0.860. The van der Waals surface area contributed by atoms with Crippen LogP contribution in [0.15, 0.2) is 24.3 Å². The van der Waals surface area contributed by atoms with E-state index in [2.05, 4.69) is 41.0 Å². The van der Waals surface area contributed by atoms with Crippen LogP contribution in [0.4, 0.5) is 0 Å². The van der Waals surface area contributed by atoms with E-state index in [1.54, 1.807) is 11.1 Å². The molecule has 4 rings (SSSR count). The molecule has 1 aliphatic carbocycles. The average molecular weight is 270 g/mol. The molecule has 0 aromatic heterocycles. The quantitative estimate of drug-likeness (QED) is 0.815. The van der Waals surface area contributed by atoms with Crippen molar-refractivity contribution in [1.29, 1.82) is 0 Å². The SMILES string of the molecule is C[C@@H]1CCCCN1C1CN(C2Cc3ccccc3C2)C1. The summed E-state index contributed by atoms with van der Waals surface area (Å²) in [6.45, 7) is 6.38. The topological polar surface area (TPSA) is 6.48 Å². The van der Waals surface area contributed by atoms with Gasteiger partial charge < -0.3 is 0 Å². The number of fused-ring (bicyclic) bond motifs is 1. The van der Waals surface area contributed by atoms with Crippen LogP contribution in [0.3, 0.4) is 0 Å². The van der Waals surface area contributed by atoms with Crippen molar-refractivity contribution in [2.75, 3.05) is 19.6 Å². The molecular weight excluding hydrogens is 244 g/mol. The molecule has 2 aliphatic heterocycles. The smallest absolute Gasteiger partial charge is 0.0353 e. The molecular formula is C18H26N2. The maximum absolute atomic E-state index is 2.78. The van der Waals surface area contributed by atoms with Crippen LogP contribution in [0.5, 0.6) is 0 Å². The molecule has 0 saturated carbocycles. The maximum atomic E-state index is 2.78. The van der Waals surface area contributed by atoms with E-state index in [-0.39, 0.29) is 0 Å². The Labute approximate surface area is 122 Å². The molecule has 2 heteroatoms. The van der Waals surface area contributed by atoms with Gasteiger partial charge in [-0.25, -0.2) is 0 Å². The molecule has 1 aromatic carbocycles. The zero-order chi connectivity index (χ0) is 13.5. The molecule has 108 valence electrons. The zero-order valence-electron chi connectivity index (χ0n) is 12.6. The first kappa shape index (κ1) is 12.8. The molecule has 3 aliphatic rings. The monoisotopic (exact) mass is 270 g/mol. The van der Waals surface area contributed by atoms with E-state index < -0.39 is 0 Å². The third kappa shape index (κ3) is 2.19. The molecule has 0 spiro atoms. The zero-order valence-corrected chi connectivity index (χ0v) is 12.6. The van der Waals surface area contributed by atoms with Gasteiger partial charge in [0.1, 0.15) is 0 Å². The lowest BCUT2D eigenvalue weighted by molar-refractivity contribution is -0.0218. The van der Waals surface area contributed by atoms with Crippen LogP contribution >= 0.6 is 0 Å². The van der Waals surface area contributed by atoms with E-state index in [0.29, 0.717) is 0 Å². The second kappa shape index (κ2) is 5.16. The highest BCUT2D eigenvalue weighted by atomic mass is 15.3. The van der Waals surface area contributed by atoms with Crippen LogP contribution in [0.25, 0.3) is 0 Å². The molecule has 0 N–H and O–H groups in total. The van der Waals surface area contributed by atoms with Crippen molar-refractivity contribution in [3.05, 3.63) is 35.4 Å². The van der Waals surface area contributed by atoms with Gasteiger partial charge in [0.25, 0.3) is 0 Å². The normalized spacial score (nSPS) is 29.4. The Morgan fingerprint density at radius 3 is 2.30 bits per heavy atom. The highest BCUT2D eigenvalue weighted by molar-refractivity contribution is 5.33. The van der Waals surface area contributed by atoms with Gasteiger partial charge in [-0.2, -0.15) is 0 Å². The second-order valence-electron chi connectivity index (χ2n) is 7.02. The predicted octanol–water partition coefficient (Wildman–Crippen LogP) is 2.71. The van der Waals surface area contributed by atoms with Crippen LogP contribution in [0.1, 0.15) is 37.3 Å². The highest BCUT2D eigenvalue weighted by Gasteiger charge is 2.39. The van der Waals surface area contributed by atoms with Crippen LogP contribution < -0.4 is 0 Å². The summed E-state index contributed by atoms with van der Waals surface area (Å²) >= 11 is 0. The van der Waals surface area contributed by atoms with E-state index in [1.165, 1.54) is 51.7 Å². The van der Waals surface area contributed by atoms with Crippen molar-refractivity contribution in [2.45, 2.75) is 57.2 Å². The number of hydrogen-bond acceptors (Lipinski definition) is 2. The molecule has 2 heterocycles. The summed E-state index contributed by atoms with van der Waals surface area (Å²) < 4.78 is 0. The van der Waals surface area contributed by atoms with E-state index >= 15 is 0 Å². The van der Waals surface area contributed by atoms with Gasteiger partial charge in [-0.15, -0.1) is 0 Å². The number of hydrogen-bond donors (Lipinski definition) is 0. The van der Waals surface area contributed by atoms with Crippen LogP contribution in [0.2, 0.25) is 0 Å². The van der Waals surface area contributed by atoms with Crippen molar-refractivity contribution in [3.63, 3.8) is 0 Å². The van der Waals surface area contributed by atoms with Crippen molar-refractivity contribution >= 4 is 0 Å². The molecule has 0 radical (unpaired) electrons. The third-order valence-electron chi connectivity index (χ3n) is 5.76. The van der Waals surface area contributed by atoms with E-state index in [9.17, 15) is 0 Å². The molecule has 2 fully saturated rings. The summed E-state index contributed by atoms with van der Waals surface area (Å²) in [5.41, 5.74) is 3.18. The van der Waals surface area contributed by atoms with Crippen molar-refractivity contribution in [3.8, 4) is 0 Å². The second-order valence-corrected chi connectivity index (χ2v) is 7.02. The fraction of sp³-hybridized carbons (Fsp3) is 0.667. The fourth-order valence-electron chi connectivity index (χ4n) is 4.45. The molecule has 0 unspecified atom stereocenters. The molecule has 1 aromatic rings. The summed E-state index contributed by atoms with van der Waals surface area (Å²) in [4.78, 5) is 5.51. The average Bonchev–Trinajstić information content (AvgIpc) is 2.82. The Morgan fingerprint density at radius 1 is 0.950 bits per heavy atom. The van der Waals surface area contributed by atoms with Gasteiger partial charge in [-0.05, 0) is 50.3 Å². The van der Waals surface area contributed by atoms with Crippen LogP contribution in [0, 0.1) is 0 Å². The predicted molar refractivity (Wildman–Crippen MR) is 83.0 cm³/mol. The van der Waals surface area contributed by atoms with Gasteiger partial charge in [0.05, 0.1) is 0 Å². The molecule has 0 amide bonds. The Balaban J connectivity index is 1.34. The minimum absolute atomic E-state index is 0.781. The number of likely N-dealkylation sites (tertiary alicyclic amines) is 2. The summed E-state index contributed by atoms with van der Waals surface area (Å²) in [5, 5.41) is 0. The van der Waals surface area contributed by atoms with E-state index in [1.807, 2.05) is 0 Å². The van der Waals surface area contributed by atoms with Crippen LogP contribution in [-0.2, 0) is 12.8 Å². The molecule has 20 heavy (non-hydrogen) atoms. The van der Waals surface area contributed by atoms with Gasteiger partial charge >= 0.3 is 0 Å². The lowest BCUT2D eigenvalue weighted by Gasteiger charge is -2.51. The highest BCUT2D eigenvalue weighted by Crippen LogP contribution is 2.31. The van der Waals surface area contributed by atoms with Crippen molar-refractivity contribution in [2.24, 2.45) is 0 Å². The van der Waals surface area contributed by atoms with Gasteiger partial charge in [0.2, 0.25) is 0 Å². The molecule has 2 saturated heterocycles. The number of benzene rings is 1. The summed E-state index contributed by atoms with van der Waals surface area (Å²) in [6, 6.07) is 11.5. The Morgan fingerprint density at radius 2 is 1.65 bits per heavy atom. The summed E-state index contributed by atoms with van der Waals surface area (Å²) in [5.74, 6) is 0. The van der Waals surface area contributed by atoms with Gasteiger partial charge in [0.15, 0.2) is 0 Å². The Bertz CT molecular complexity index is 453. The van der Waals surface area contributed by atoms with E-state index in [0.717, 1.165) is 18.1 Å². The van der Waals surface area contributed by atoms with Crippen LogP contribution in [-0.4, -0.2) is 47.6 Å². The number of nitrogens with zero attached hydrogens (tertiary/aromatic N) is 2. The molecule has 2 nitrogen and oxygen atoms in total. The third-order valence-corrected chi connectivity index (χ3v) is 5.76. The molecule has 0 bridgehead atoms. The summed E-state index contributed by atoms with van der Waals surface area (Å²) in [6.07, 6.45) is 6.81. The summed E-state index contributed by atoms with van der Waals surface area (Å²) in [7, 11) is 0. The first-order chi connectivity index (χ1) is 9.81. The standard InChI is InChI=1S/C18H26N2/c1-14-6-4-5-9-20(14)18-12-19(13-18)17-10-15-7-2-3-8-16(15)11-17/h2-3,7-8,14,17-18H,4-6,9-13H2,1H3/t14-/m1/s1. The number of rotatable bonds is 2. The first-order valence-corrected chi connectivity index (χ1v) is 8.38. The minimum atomic E-state index is 0.781. The lowest BCUT2D eigenvalue weighted by atomic mass is 9.95. The van der Waals surface area contributed by atoms with Crippen molar-refractivity contribution < 1.29 is 0 Å². The van der Waals surface area contributed by atoms with E-state index in [4.69, 9.17) is 0 Å². The maximum Gasteiger partial charge on any atom is 0.0353 e. The van der Waals surface area contributed by atoms with Gasteiger partial charge in [-0.3, -0.25) is 9.80 Å². The lowest BCUT2D eigenvalue weighted by Crippen LogP contribution is -2.64. The minimum Gasteiger partial charge on any atom is -0.297 e. The van der Waals surface area contributed by atoms with Gasteiger partial charge in [0, 0.05) is 31.2 Å². The van der Waals surface area contributed by atoms with Gasteiger partial charge in [-0.1, -0.05) is 30.7 Å². The largest absolute Gasteiger partial charge is 0.297 e.